The fourth-order valence-corrected chi connectivity index (χ4v) is 2.97. The lowest BCUT2D eigenvalue weighted by molar-refractivity contribution is 0.310. The molecule has 3 aromatic rings. The van der Waals surface area contributed by atoms with Crippen LogP contribution in [0.4, 0.5) is 10.1 Å². The average Bonchev–Trinajstić information content (AvgIpc) is 2.56. The van der Waals surface area contributed by atoms with Crippen LogP contribution in [0.2, 0.25) is 0 Å². The zero-order valence-corrected chi connectivity index (χ0v) is 13.0. The number of hydrogen-bond acceptors (Lipinski definition) is 4. The number of ether oxygens (including phenoxy) is 1. The van der Waals surface area contributed by atoms with Gasteiger partial charge in [-0.1, -0.05) is 0 Å². The number of hydrogen-bond donors (Lipinski definition) is 1. The predicted molar refractivity (Wildman–Crippen MR) is 88.4 cm³/mol. The third kappa shape index (κ3) is 2.29. The molecule has 0 aliphatic carbocycles. The molecule has 0 radical (unpaired) electrons. The Labute approximate surface area is 133 Å². The molecular formula is C18H16FN3O. The van der Waals surface area contributed by atoms with Gasteiger partial charge in [0.05, 0.1) is 0 Å². The largest absolute Gasteiger partial charge is 0.474 e. The monoisotopic (exact) mass is 309 g/mol. The standard InChI is InChI=1S/C18H16FN3O/c1-10-5-12-6-14(16(19)7-13(12)8-21-10)15-9-22-18-17(11(15)2)20-3-4-23-18/h5-9,20H,3-4H2,1-2H3. The number of nitrogens with zero attached hydrogens (tertiary/aromatic N) is 2. The van der Waals surface area contributed by atoms with Crippen LogP contribution in [0.15, 0.2) is 30.6 Å². The highest BCUT2D eigenvalue weighted by molar-refractivity contribution is 5.88. The van der Waals surface area contributed by atoms with Crippen molar-refractivity contribution in [3.63, 3.8) is 0 Å². The van der Waals surface area contributed by atoms with Crippen molar-refractivity contribution in [2.24, 2.45) is 0 Å². The minimum atomic E-state index is -0.273. The van der Waals surface area contributed by atoms with Crippen LogP contribution in [0.3, 0.4) is 0 Å². The van der Waals surface area contributed by atoms with Crippen molar-refractivity contribution in [2.75, 3.05) is 18.5 Å². The maximum Gasteiger partial charge on any atom is 0.237 e. The highest BCUT2D eigenvalue weighted by Crippen LogP contribution is 2.37. The number of benzene rings is 1. The summed E-state index contributed by atoms with van der Waals surface area (Å²) in [5, 5.41) is 5.05. The first-order valence-corrected chi connectivity index (χ1v) is 7.56. The maximum absolute atomic E-state index is 14.6. The van der Waals surface area contributed by atoms with Gasteiger partial charge >= 0.3 is 0 Å². The number of rotatable bonds is 1. The van der Waals surface area contributed by atoms with E-state index in [9.17, 15) is 4.39 Å². The van der Waals surface area contributed by atoms with Gasteiger partial charge in [0.2, 0.25) is 5.88 Å². The van der Waals surface area contributed by atoms with Gasteiger partial charge in [0.25, 0.3) is 0 Å². The highest BCUT2D eigenvalue weighted by atomic mass is 19.1. The molecule has 1 aromatic carbocycles. The summed E-state index contributed by atoms with van der Waals surface area (Å²) >= 11 is 0. The number of pyridine rings is 2. The van der Waals surface area contributed by atoms with E-state index in [4.69, 9.17) is 4.74 Å². The van der Waals surface area contributed by atoms with Crippen LogP contribution in [0.25, 0.3) is 21.9 Å². The Balaban J connectivity index is 1.93. The van der Waals surface area contributed by atoms with Gasteiger partial charge in [0.1, 0.15) is 18.1 Å². The van der Waals surface area contributed by atoms with Gasteiger partial charge in [-0.3, -0.25) is 4.98 Å². The molecule has 1 aliphatic heterocycles. The predicted octanol–water partition coefficient (Wildman–Crippen LogP) is 3.86. The van der Waals surface area contributed by atoms with Crippen molar-refractivity contribution in [1.82, 2.24) is 9.97 Å². The van der Waals surface area contributed by atoms with Crippen molar-refractivity contribution in [3.8, 4) is 17.0 Å². The Morgan fingerprint density at radius 3 is 2.78 bits per heavy atom. The van der Waals surface area contributed by atoms with Crippen molar-refractivity contribution in [1.29, 1.82) is 0 Å². The average molecular weight is 309 g/mol. The molecule has 2 aromatic heterocycles. The molecule has 5 heteroatoms. The molecule has 0 unspecified atom stereocenters. The number of nitrogens with one attached hydrogen (secondary N) is 1. The van der Waals surface area contributed by atoms with E-state index in [0.717, 1.165) is 39.8 Å². The van der Waals surface area contributed by atoms with Crippen molar-refractivity contribution in [2.45, 2.75) is 13.8 Å². The van der Waals surface area contributed by atoms with Crippen molar-refractivity contribution < 1.29 is 9.13 Å². The molecule has 1 N–H and O–H groups in total. The van der Waals surface area contributed by atoms with E-state index in [1.807, 2.05) is 26.0 Å². The van der Waals surface area contributed by atoms with Gasteiger partial charge in [0, 0.05) is 41.1 Å². The third-order valence-electron chi connectivity index (χ3n) is 4.18. The fourth-order valence-electron chi connectivity index (χ4n) is 2.97. The molecule has 3 heterocycles. The van der Waals surface area contributed by atoms with Crippen LogP contribution in [0.5, 0.6) is 5.88 Å². The van der Waals surface area contributed by atoms with E-state index < -0.39 is 0 Å². The zero-order valence-electron chi connectivity index (χ0n) is 13.0. The van der Waals surface area contributed by atoms with E-state index in [2.05, 4.69) is 15.3 Å². The van der Waals surface area contributed by atoms with E-state index in [1.165, 1.54) is 6.07 Å². The molecule has 4 nitrogen and oxygen atoms in total. The first-order valence-electron chi connectivity index (χ1n) is 7.56. The second-order valence-electron chi connectivity index (χ2n) is 5.76. The lowest BCUT2D eigenvalue weighted by Gasteiger charge is -2.21. The lowest BCUT2D eigenvalue weighted by Crippen LogP contribution is -2.20. The molecular weight excluding hydrogens is 293 g/mol. The van der Waals surface area contributed by atoms with Crippen molar-refractivity contribution >= 4 is 16.5 Å². The topological polar surface area (TPSA) is 47.0 Å². The number of halogens is 1. The summed E-state index contributed by atoms with van der Waals surface area (Å²) in [6, 6.07) is 5.35. The number of anilines is 1. The van der Waals surface area contributed by atoms with Crippen LogP contribution < -0.4 is 10.1 Å². The second-order valence-corrected chi connectivity index (χ2v) is 5.76. The van der Waals surface area contributed by atoms with E-state index in [-0.39, 0.29) is 5.82 Å². The first-order chi connectivity index (χ1) is 11.1. The molecule has 0 fully saturated rings. The van der Waals surface area contributed by atoms with Gasteiger partial charge in [-0.2, -0.15) is 0 Å². The van der Waals surface area contributed by atoms with Gasteiger partial charge in [0.15, 0.2) is 0 Å². The Bertz CT molecular complexity index is 924. The third-order valence-corrected chi connectivity index (χ3v) is 4.18. The van der Waals surface area contributed by atoms with Crippen LogP contribution >= 0.6 is 0 Å². The Kier molecular flexibility index (Phi) is 3.15. The van der Waals surface area contributed by atoms with Crippen molar-refractivity contribution in [3.05, 3.63) is 47.7 Å². The second kappa shape index (κ2) is 5.19. The summed E-state index contributed by atoms with van der Waals surface area (Å²) in [4.78, 5) is 8.55. The molecule has 116 valence electrons. The first kappa shape index (κ1) is 13.9. The zero-order chi connectivity index (χ0) is 16.0. The number of aromatic nitrogens is 2. The summed E-state index contributed by atoms with van der Waals surface area (Å²) in [5.41, 5.74) is 4.02. The van der Waals surface area contributed by atoms with Gasteiger partial charge in [-0.15, -0.1) is 0 Å². The maximum atomic E-state index is 14.6. The molecule has 0 saturated carbocycles. The molecule has 4 rings (SSSR count). The Morgan fingerprint density at radius 1 is 1.04 bits per heavy atom. The quantitative estimate of drug-likeness (QED) is 0.741. The smallest absolute Gasteiger partial charge is 0.237 e. The molecule has 23 heavy (non-hydrogen) atoms. The van der Waals surface area contributed by atoms with E-state index >= 15 is 0 Å². The summed E-state index contributed by atoms with van der Waals surface area (Å²) in [6.45, 7) is 5.20. The van der Waals surface area contributed by atoms with Crippen LogP contribution in [-0.4, -0.2) is 23.1 Å². The highest BCUT2D eigenvalue weighted by Gasteiger charge is 2.19. The fraction of sp³-hybridized carbons (Fsp3) is 0.222. The minimum Gasteiger partial charge on any atom is -0.474 e. The molecule has 0 bridgehead atoms. The molecule has 0 atom stereocenters. The molecule has 0 spiro atoms. The summed E-state index contributed by atoms with van der Waals surface area (Å²) in [6.07, 6.45) is 3.38. The number of fused-ring (bicyclic) bond motifs is 2. The summed E-state index contributed by atoms with van der Waals surface area (Å²) < 4.78 is 20.1. The van der Waals surface area contributed by atoms with Crippen LogP contribution in [-0.2, 0) is 0 Å². The number of aryl methyl sites for hydroxylation is 1. The summed E-state index contributed by atoms with van der Waals surface area (Å²) in [5.74, 6) is 0.309. The van der Waals surface area contributed by atoms with Gasteiger partial charge in [-0.05, 0) is 43.0 Å². The molecule has 1 aliphatic rings. The Hall–Kier alpha value is -2.69. The SMILES string of the molecule is Cc1cc2cc(-c3cnc4c(c3C)NCCO4)c(F)cc2cn1. The van der Waals surface area contributed by atoms with Crippen LogP contribution in [0, 0.1) is 19.7 Å². The molecule has 0 saturated heterocycles. The molecule has 0 amide bonds. The summed E-state index contributed by atoms with van der Waals surface area (Å²) in [7, 11) is 0. The Morgan fingerprint density at radius 2 is 1.91 bits per heavy atom. The lowest BCUT2D eigenvalue weighted by atomic mass is 9.98. The van der Waals surface area contributed by atoms with E-state index in [1.54, 1.807) is 12.4 Å². The normalized spacial score (nSPS) is 13.3. The van der Waals surface area contributed by atoms with E-state index in [0.29, 0.717) is 18.1 Å². The van der Waals surface area contributed by atoms with Gasteiger partial charge < -0.3 is 10.1 Å². The minimum absolute atomic E-state index is 0.273. The van der Waals surface area contributed by atoms with Gasteiger partial charge in [-0.25, -0.2) is 9.37 Å². The van der Waals surface area contributed by atoms with Crippen LogP contribution in [0.1, 0.15) is 11.3 Å².